The van der Waals surface area contributed by atoms with Crippen molar-refractivity contribution in [2.75, 3.05) is 37.2 Å². The van der Waals surface area contributed by atoms with Gasteiger partial charge in [0.05, 0.1) is 23.9 Å². The van der Waals surface area contributed by atoms with Crippen molar-refractivity contribution in [1.82, 2.24) is 9.80 Å². The zero-order valence-electron chi connectivity index (χ0n) is 16.0. The highest BCUT2D eigenvalue weighted by molar-refractivity contribution is 7.92. The van der Waals surface area contributed by atoms with Crippen LogP contribution < -0.4 is 4.72 Å². The van der Waals surface area contributed by atoms with Gasteiger partial charge in [-0.05, 0) is 29.8 Å². The number of piperazine rings is 1. The molecule has 1 fully saturated rings. The number of hydrogen-bond acceptors (Lipinski definition) is 4. The van der Waals surface area contributed by atoms with Gasteiger partial charge < -0.3 is 9.80 Å². The Labute approximate surface area is 169 Å². The Morgan fingerprint density at radius 2 is 1.55 bits per heavy atom. The molecule has 9 heteroatoms. The predicted molar refractivity (Wildman–Crippen MR) is 107 cm³/mol. The lowest BCUT2D eigenvalue weighted by Crippen LogP contribution is -2.51. The molecule has 0 radical (unpaired) electrons. The number of rotatable bonds is 5. The normalized spacial score (nSPS) is 14.6. The summed E-state index contributed by atoms with van der Waals surface area (Å²) in [5.74, 6) is -0.718. The van der Waals surface area contributed by atoms with E-state index < -0.39 is 10.0 Å². The van der Waals surface area contributed by atoms with Crippen molar-refractivity contribution < 1.29 is 22.4 Å². The second-order valence-corrected chi connectivity index (χ2v) is 8.64. The highest BCUT2D eigenvalue weighted by atomic mass is 32.2. The summed E-state index contributed by atoms with van der Waals surface area (Å²) in [7, 11) is -3.51. The summed E-state index contributed by atoms with van der Waals surface area (Å²) in [6.07, 6.45) is 1.20. The lowest BCUT2D eigenvalue weighted by atomic mass is 10.1. The van der Waals surface area contributed by atoms with E-state index in [1.54, 1.807) is 40.1 Å². The van der Waals surface area contributed by atoms with Gasteiger partial charge in [-0.15, -0.1) is 0 Å². The number of anilines is 1. The number of nitrogens with zero attached hydrogens (tertiary/aromatic N) is 2. The Bertz CT molecular complexity index is 1000. The number of halogens is 1. The van der Waals surface area contributed by atoms with Crippen molar-refractivity contribution in [2.24, 2.45) is 0 Å². The Morgan fingerprint density at radius 3 is 2.17 bits per heavy atom. The van der Waals surface area contributed by atoms with Crippen LogP contribution in [-0.2, 0) is 21.2 Å². The monoisotopic (exact) mass is 419 g/mol. The minimum absolute atomic E-state index is 0.0807. The fourth-order valence-corrected chi connectivity index (χ4v) is 3.75. The average molecular weight is 419 g/mol. The molecule has 7 nitrogen and oxygen atoms in total. The lowest BCUT2D eigenvalue weighted by Gasteiger charge is -2.35. The number of hydrogen-bond donors (Lipinski definition) is 1. The van der Waals surface area contributed by atoms with Gasteiger partial charge in [0.2, 0.25) is 15.9 Å². The van der Waals surface area contributed by atoms with Crippen molar-refractivity contribution in [1.29, 1.82) is 0 Å². The molecule has 0 saturated carbocycles. The van der Waals surface area contributed by atoms with Gasteiger partial charge in [-0.25, -0.2) is 12.8 Å². The minimum atomic E-state index is -3.51. The van der Waals surface area contributed by atoms with Gasteiger partial charge in [-0.1, -0.05) is 24.3 Å². The summed E-state index contributed by atoms with van der Waals surface area (Å²) < 4.78 is 38.4. The van der Waals surface area contributed by atoms with Crippen molar-refractivity contribution in [3.8, 4) is 0 Å². The van der Waals surface area contributed by atoms with Crippen LogP contribution in [0.5, 0.6) is 0 Å². The molecule has 2 aromatic rings. The molecule has 2 aromatic carbocycles. The van der Waals surface area contributed by atoms with Crippen LogP contribution in [0.1, 0.15) is 15.9 Å². The van der Waals surface area contributed by atoms with Crippen molar-refractivity contribution in [3.05, 3.63) is 65.5 Å². The molecule has 154 valence electrons. The maximum Gasteiger partial charge on any atom is 0.256 e. The zero-order valence-corrected chi connectivity index (χ0v) is 16.8. The van der Waals surface area contributed by atoms with Crippen molar-refractivity contribution >= 4 is 27.5 Å². The molecule has 29 heavy (non-hydrogen) atoms. The number of carbonyl (C=O) groups excluding carboxylic acids is 2. The smallest absolute Gasteiger partial charge is 0.256 e. The first-order valence-corrected chi connectivity index (χ1v) is 11.0. The highest BCUT2D eigenvalue weighted by Crippen LogP contribution is 2.19. The van der Waals surface area contributed by atoms with Crippen molar-refractivity contribution in [2.45, 2.75) is 6.42 Å². The summed E-state index contributed by atoms with van der Waals surface area (Å²) in [5, 5.41) is 0. The molecule has 2 amide bonds. The van der Waals surface area contributed by atoms with Crippen LogP contribution in [0, 0.1) is 5.82 Å². The standard InChI is InChI=1S/C20H22FN3O4S/c1-29(27,28)22-18-5-3-2-4-17(18)20(26)24-12-10-23(11-13-24)19(25)14-15-6-8-16(21)9-7-15/h2-9,22H,10-14H2,1H3. The first-order valence-electron chi connectivity index (χ1n) is 9.11. The molecular weight excluding hydrogens is 397 g/mol. The Kier molecular flexibility index (Phi) is 6.17. The average Bonchev–Trinajstić information content (AvgIpc) is 2.68. The second-order valence-electron chi connectivity index (χ2n) is 6.90. The van der Waals surface area contributed by atoms with Crippen LogP contribution in [0.2, 0.25) is 0 Å². The molecule has 1 N–H and O–H groups in total. The molecule has 1 heterocycles. The van der Waals surface area contributed by atoms with Crippen LogP contribution in [0.25, 0.3) is 0 Å². The molecule has 0 spiro atoms. The summed E-state index contributed by atoms with van der Waals surface area (Å²) in [5.41, 5.74) is 1.23. The Morgan fingerprint density at radius 1 is 0.966 bits per heavy atom. The SMILES string of the molecule is CS(=O)(=O)Nc1ccccc1C(=O)N1CCN(C(=O)Cc2ccc(F)cc2)CC1. The fraction of sp³-hybridized carbons (Fsp3) is 0.300. The number of benzene rings is 2. The van der Waals surface area contributed by atoms with E-state index in [0.29, 0.717) is 26.2 Å². The molecule has 1 aliphatic heterocycles. The number of sulfonamides is 1. The summed E-state index contributed by atoms with van der Waals surface area (Å²) in [6.45, 7) is 1.46. The van der Waals surface area contributed by atoms with Gasteiger partial charge >= 0.3 is 0 Å². The van der Waals surface area contributed by atoms with E-state index in [-0.39, 0.29) is 35.3 Å². The maximum atomic E-state index is 13.0. The van der Waals surface area contributed by atoms with Crippen LogP contribution >= 0.6 is 0 Å². The Balaban J connectivity index is 1.61. The van der Waals surface area contributed by atoms with E-state index in [9.17, 15) is 22.4 Å². The molecule has 0 atom stereocenters. The topological polar surface area (TPSA) is 86.8 Å². The third-order valence-electron chi connectivity index (χ3n) is 4.64. The molecule has 1 aliphatic rings. The minimum Gasteiger partial charge on any atom is -0.339 e. The van der Waals surface area contributed by atoms with Gasteiger partial charge in [0.1, 0.15) is 5.82 Å². The number of nitrogens with one attached hydrogen (secondary N) is 1. The highest BCUT2D eigenvalue weighted by Gasteiger charge is 2.26. The fourth-order valence-electron chi connectivity index (χ4n) is 3.18. The first kappa shape index (κ1) is 20.8. The van der Waals surface area contributed by atoms with Crippen LogP contribution in [0.3, 0.4) is 0 Å². The van der Waals surface area contributed by atoms with E-state index in [1.165, 1.54) is 18.2 Å². The van der Waals surface area contributed by atoms with Gasteiger partial charge in [-0.3, -0.25) is 14.3 Å². The van der Waals surface area contributed by atoms with E-state index in [0.717, 1.165) is 11.8 Å². The van der Waals surface area contributed by atoms with E-state index in [1.807, 2.05) is 0 Å². The van der Waals surface area contributed by atoms with Gasteiger partial charge in [0, 0.05) is 26.2 Å². The van der Waals surface area contributed by atoms with E-state index >= 15 is 0 Å². The number of para-hydroxylation sites is 1. The van der Waals surface area contributed by atoms with Crippen LogP contribution in [0.4, 0.5) is 10.1 Å². The molecule has 3 rings (SSSR count). The van der Waals surface area contributed by atoms with E-state index in [4.69, 9.17) is 0 Å². The van der Waals surface area contributed by atoms with E-state index in [2.05, 4.69) is 4.72 Å². The lowest BCUT2D eigenvalue weighted by molar-refractivity contribution is -0.131. The maximum absolute atomic E-state index is 13.0. The van der Waals surface area contributed by atoms with Crippen molar-refractivity contribution in [3.63, 3.8) is 0 Å². The van der Waals surface area contributed by atoms with Gasteiger partial charge in [0.15, 0.2) is 0 Å². The van der Waals surface area contributed by atoms with Crippen LogP contribution in [-0.4, -0.2) is 62.5 Å². The largest absolute Gasteiger partial charge is 0.339 e. The van der Waals surface area contributed by atoms with Gasteiger partial charge in [0.25, 0.3) is 5.91 Å². The number of carbonyl (C=O) groups is 2. The molecular formula is C20H22FN3O4S. The molecule has 1 saturated heterocycles. The number of amides is 2. The summed E-state index contributed by atoms with van der Waals surface area (Å²) in [6, 6.07) is 12.2. The molecule has 0 aliphatic carbocycles. The molecule has 0 aromatic heterocycles. The van der Waals surface area contributed by atoms with Crippen LogP contribution in [0.15, 0.2) is 48.5 Å². The third kappa shape index (κ3) is 5.54. The predicted octanol–water partition coefficient (Wildman–Crippen LogP) is 1.72. The molecule has 0 bridgehead atoms. The third-order valence-corrected chi connectivity index (χ3v) is 5.23. The summed E-state index contributed by atoms with van der Waals surface area (Å²) in [4.78, 5) is 28.6. The first-order chi connectivity index (χ1) is 13.7. The zero-order chi connectivity index (χ0) is 21.0. The summed E-state index contributed by atoms with van der Waals surface area (Å²) >= 11 is 0. The Hall–Kier alpha value is -2.94. The van der Waals surface area contributed by atoms with Gasteiger partial charge in [-0.2, -0.15) is 0 Å². The quantitative estimate of drug-likeness (QED) is 0.800. The second kappa shape index (κ2) is 8.60. The molecule has 0 unspecified atom stereocenters.